The fourth-order valence-electron chi connectivity index (χ4n) is 2.06. The molecule has 2 heterocycles. The molecule has 0 radical (unpaired) electrons. The third-order valence-corrected chi connectivity index (χ3v) is 3.57. The molecule has 7 heteroatoms. The standard InChI is InChI=1S/C14H19ClN4O2/c1-4-7-16-11-6-5-9(15)10(17-11)8-19-12(20)14(2,3)18-13(19)21/h5-6H,4,7-8H2,1-3H3,(H,16,17)(H,18,21). The minimum Gasteiger partial charge on any atom is -0.370 e. The van der Waals surface area contributed by atoms with Gasteiger partial charge < -0.3 is 10.6 Å². The largest absolute Gasteiger partial charge is 0.370 e. The molecule has 1 aliphatic heterocycles. The Labute approximate surface area is 128 Å². The van der Waals surface area contributed by atoms with Gasteiger partial charge >= 0.3 is 6.03 Å². The van der Waals surface area contributed by atoms with Gasteiger partial charge in [0.1, 0.15) is 11.4 Å². The summed E-state index contributed by atoms with van der Waals surface area (Å²) >= 11 is 6.12. The summed E-state index contributed by atoms with van der Waals surface area (Å²) in [6.07, 6.45) is 0.973. The second-order valence-electron chi connectivity index (χ2n) is 5.50. The minimum atomic E-state index is -0.887. The molecule has 0 aromatic carbocycles. The highest BCUT2D eigenvalue weighted by molar-refractivity contribution is 6.31. The molecule has 2 N–H and O–H groups in total. The van der Waals surface area contributed by atoms with Crippen LogP contribution in [0.5, 0.6) is 0 Å². The quantitative estimate of drug-likeness (QED) is 0.819. The van der Waals surface area contributed by atoms with Crippen LogP contribution >= 0.6 is 11.6 Å². The van der Waals surface area contributed by atoms with Crippen LogP contribution in [0.1, 0.15) is 32.9 Å². The number of carbonyl (C=O) groups is 2. The Kier molecular flexibility index (Phi) is 4.37. The molecule has 0 aliphatic carbocycles. The van der Waals surface area contributed by atoms with Crippen molar-refractivity contribution in [2.75, 3.05) is 11.9 Å². The van der Waals surface area contributed by atoms with Gasteiger partial charge in [-0.25, -0.2) is 9.78 Å². The zero-order valence-corrected chi connectivity index (χ0v) is 13.1. The van der Waals surface area contributed by atoms with Crippen molar-refractivity contribution in [2.24, 2.45) is 0 Å². The van der Waals surface area contributed by atoms with E-state index in [1.165, 1.54) is 0 Å². The van der Waals surface area contributed by atoms with E-state index in [-0.39, 0.29) is 12.5 Å². The molecule has 0 saturated carbocycles. The molecule has 3 amide bonds. The molecule has 1 aromatic heterocycles. The van der Waals surface area contributed by atoms with Crippen LogP contribution < -0.4 is 10.6 Å². The Hall–Kier alpha value is -1.82. The fourth-order valence-corrected chi connectivity index (χ4v) is 2.22. The van der Waals surface area contributed by atoms with Crippen molar-refractivity contribution in [1.82, 2.24) is 15.2 Å². The summed E-state index contributed by atoms with van der Waals surface area (Å²) in [5.74, 6) is 0.403. The Morgan fingerprint density at radius 3 is 2.67 bits per heavy atom. The van der Waals surface area contributed by atoms with Crippen molar-refractivity contribution >= 4 is 29.4 Å². The molecule has 1 saturated heterocycles. The summed E-state index contributed by atoms with van der Waals surface area (Å²) in [6.45, 7) is 6.25. The number of hydrogen-bond acceptors (Lipinski definition) is 4. The van der Waals surface area contributed by atoms with E-state index in [0.717, 1.165) is 17.9 Å². The van der Waals surface area contributed by atoms with Crippen LogP contribution in [0.15, 0.2) is 12.1 Å². The maximum Gasteiger partial charge on any atom is 0.325 e. The van der Waals surface area contributed by atoms with Gasteiger partial charge in [-0.2, -0.15) is 0 Å². The van der Waals surface area contributed by atoms with Gasteiger partial charge in [0.25, 0.3) is 5.91 Å². The van der Waals surface area contributed by atoms with E-state index in [2.05, 4.69) is 22.5 Å². The molecule has 1 fully saturated rings. The number of nitrogens with zero attached hydrogens (tertiary/aromatic N) is 2. The third kappa shape index (κ3) is 3.26. The van der Waals surface area contributed by atoms with Gasteiger partial charge in [0.15, 0.2) is 0 Å². The van der Waals surface area contributed by atoms with Gasteiger partial charge in [0.2, 0.25) is 0 Å². The van der Waals surface area contributed by atoms with Crippen LogP contribution in [0, 0.1) is 0 Å². The average molecular weight is 311 g/mol. The van der Waals surface area contributed by atoms with E-state index in [0.29, 0.717) is 16.5 Å². The molecular formula is C14H19ClN4O2. The Morgan fingerprint density at radius 1 is 1.38 bits per heavy atom. The van der Waals surface area contributed by atoms with E-state index in [9.17, 15) is 9.59 Å². The van der Waals surface area contributed by atoms with Crippen LogP contribution in [0.2, 0.25) is 5.02 Å². The number of rotatable bonds is 5. The normalized spacial score (nSPS) is 17.0. The smallest absolute Gasteiger partial charge is 0.325 e. The first kappa shape index (κ1) is 15.6. The van der Waals surface area contributed by atoms with Gasteiger partial charge in [-0.3, -0.25) is 9.69 Å². The fraction of sp³-hybridized carbons (Fsp3) is 0.500. The van der Waals surface area contributed by atoms with Gasteiger partial charge in [0, 0.05) is 6.54 Å². The summed E-state index contributed by atoms with van der Waals surface area (Å²) in [7, 11) is 0. The van der Waals surface area contributed by atoms with Crippen LogP contribution in [0.4, 0.5) is 10.6 Å². The Balaban J connectivity index is 2.19. The molecular weight excluding hydrogens is 292 g/mol. The number of carbonyl (C=O) groups excluding carboxylic acids is 2. The first-order chi connectivity index (χ1) is 9.85. The van der Waals surface area contributed by atoms with Gasteiger partial charge in [-0.15, -0.1) is 0 Å². The number of pyridine rings is 1. The SMILES string of the molecule is CCCNc1ccc(Cl)c(CN2C(=O)NC(C)(C)C2=O)n1. The number of urea groups is 1. The van der Waals surface area contributed by atoms with E-state index >= 15 is 0 Å². The lowest BCUT2D eigenvalue weighted by molar-refractivity contribution is -0.130. The topological polar surface area (TPSA) is 74.3 Å². The van der Waals surface area contributed by atoms with Crippen molar-refractivity contribution in [1.29, 1.82) is 0 Å². The monoisotopic (exact) mass is 310 g/mol. The first-order valence-corrected chi connectivity index (χ1v) is 7.26. The number of nitrogens with one attached hydrogen (secondary N) is 2. The lowest BCUT2D eigenvalue weighted by atomic mass is 10.1. The highest BCUT2D eigenvalue weighted by atomic mass is 35.5. The van der Waals surface area contributed by atoms with E-state index in [1.807, 2.05) is 0 Å². The lowest BCUT2D eigenvalue weighted by Gasteiger charge is -2.16. The average Bonchev–Trinajstić information content (AvgIpc) is 2.61. The summed E-state index contributed by atoms with van der Waals surface area (Å²) in [4.78, 5) is 29.6. The number of halogens is 1. The molecule has 6 nitrogen and oxygen atoms in total. The number of hydrogen-bond donors (Lipinski definition) is 2. The van der Waals surface area contributed by atoms with E-state index < -0.39 is 11.6 Å². The van der Waals surface area contributed by atoms with E-state index in [1.54, 1.807) is 26.0 Å². The number of amides is 3. The Bertz CT molecular complexity index is 574. The lowest BCUT2D eigenvalue weighted by Crippen LogP contribution is -2.40. The number of imide groups is 1. The van der Waals surface area contributed by atoms with Gasteiger partial charge in [-0.05, 0) is 32.4 Å². The van der Waals surface area contributed by atoms with Gasteiger partial charge in [0.05, 0.1) is 17.3 Å². The molecule has 1 aliphatic rings. The number of aromatic nitrogens is 1. The van der Waals surface area contributed by atoms with Crippen molar-refractivity contribution in [3.63, 3.8) is 0 Å². The summed E-state index contributed by atoms with van der Waals surface area (Å²) in [5.41, 5.74) is -0.388. The molecule has 114 valence electrons. The van der Waals surface area contributed by atoms with E-state index in [4.69, 9.17) is 11.6 Å². The molecule has 2 rings (SSSR count). The highest BCUT2D eigenvalue weighted by Crippen LogP contribution is 2.23. The minimum absolute atomic E-state index is 0.0641. The molecule has 0 bridgehead atoms. The predicted octanol–water partition coefficient (Wildman–Crippen LogP) is 2.39. The zero-order chi connectivity index (χ0) is 15.6. The highest BCUT2D eigenvalue weighted by Gasteiger charge is 2.44. The van der Waals surface area contributed by atoms with Crippen molar-refractivity contribution in [2.45, 2.75) is 39.3 Å². The maximum absolute atomic E-state index is 12.2. The van der Waals surface area contributed by atoms with Crippen molar-refractivity contribution < 1.29 is 9.59 Å². The molecule has 0 unspecified atom stereocenters. The number of anilines is 1. The van der Waals surface area contributed by atoms with Crippen LogP contribution in [-0.4, -0.2) is 33.9 Å². The van der Waals surface area contributed by atoms with Crippen LogP contribution in [0.25, 0.3) is 0 Å². The Morgan fingerprint density at radius 2 is 2.10 bits per heavy atom. The molecule has 1 aromatic rings. The maximum atomic E-state index is 12.2. The summed E-state index contributed by atoms with van der Waals surface area (Å²) < 4.78 is 0. The van der Waals surface area contributed by atoms with Gasteiger partial charge in [-0.1, -0.05) is 18.5 Å². The summed E-state index contributed by atoms with van der Waals surface area (Å²) in [6, 6.07) is 3.07. The van der Waals surface area contributed by atoms with Crippen LogP contribution in [-0.2, 0) is 11.3 Å². The second-order valence-corrected chi connectivity index (χ2v) is 5.91. The first-order valence-electron chi connectivity index (χ1n) is 6.88. The molecule has 21 heavy (non-hydrogen) atoms. The molecule has 0 spiro atoms. The summed E-state index contributed by atoms with van der Waals surface area (Å²) in [5, 5.41) is 6.22. The molecule has 0 atom stereocenters. The zero-order valence-electron chi connectivity index (χ0n) is 12.4. The third-order valence-electron chi connectivity index (χ3n) is 3.23. The van der Waals surface area contributed by atoms with Crippen molar-refractivity contribution in [3.8, 4) is 0 Å². The van der Waals surface area contributed by atoms with Crippen molar-refractivity contribution in [3.05, 3.63) is 22.8 Å². The second kappa shape index (κ2) is 5.89. The van der Waals surface area contributed by atoms with Crippen LogP contribution in [0.3, 0.4) is 0 Å². The predicted molar refractivity (Wildman–Crippen MR) is 81.2 cm³/mol.